The minimum absolute atomic E-state index is 0.000635. The van der Waals surface area contributed by atoms with E-state index in [0.29, 0.717) is 44.1 Å². The number of carbonyl (C=O) groups is 6. The van der Waals surface area contributed by atoms with Gasteiger partial charge in [0.1, 0.15) is 6.04 Å². The minimum Gasteiger partial charge on any atom is -0.481 e. The van der Waals surface area contributed by atoms with E-state index < -0.39 is 42.2 Å². The Labute approximate surface area is 379 Å². The number of hydrogen-bond donors (Lipinski definition) is 4. The van der Waals surface area contributed by atoms with Gasteiger partial charge in [-0.3, -0.25) is 38.4 Å². The van der Waals surface area contributed by atoms with Crippen LogP contribution >= 0.6 is 11.9 Å². The molecule has 354 valence electrons. The second-order valence-electron chi connectivity index (χ2n) is 18.3. The molecule has 2 aliphatic heterocycles. The number of anilines is 1. The molecule has 8 atom stereocenters. The van der Waals surface area contributed by atoms with Crippen molar-refractivity contribution in [2.45, 2.75) is 134 Å². The number of piperidine rings is 1. The Hall–Kier alpha value is -3.93. The maximum atomic E-state index is 14.3. The summed E-state index contributed by atoms with van der Waals surface area (Å²) in [5.41, 5.74) is 1.85. The maximum Gasteiger partial charge on any atom is 0.306 e. The Balaban J connectivity index is 1.43. The molecule has 2 heterocycles. The molecule has 63 heavy (non-hydrogen) atoms. The van der Waals surface area contributed by atoms with Crippen LogP contribution in [-0.2, 0) is 44.7 Å². The van der Waals surface area contributed by atoms with Crippen LogP contribution in [0, 0.1) is 23.7 Å². The number of amides is 5. The number of carbonyl (C=O) groups excluding carboxylic acids is 5. The lowest BCUT2D eigenvalue weighted by atomic mass is 9.90. The van der Waals surface area contributed by atoms with E-state index in [4.69, 9.17) is 9.47 Å². The molecule has 16 nitrogen and oxygen atoms in total. The summed E-state index contributed by atoms with van der Waals surface area (Å²) in [7, 11) is 8.44. The summed E-state index contributed by atoms with van der Waals surface area (Å²) < 4.78 is 15.0. The molecule has 1 saturated carbocycles. The molecule has 2 saturated heterocycles. The lowest BCUT2D eigenvalue weighted by Crippen LogP contribution is -2.55. The molecule has 3 fully saturated rings. The fourth-order valence-electron chi connectivity index (χ4n) is 9.23. The average Bonchev–Trinajstić information content (AvgIpc) is 3.97. The van der Waals surface area contributed by atoms with Crippen molar-refractivity contribution in [2.24, 2.45) is 23.7 Å². The standard InChI is InChI=1S/C46H75N7O9S/c1-11-29(4)41(51(8)39(55)27-47-45(58)40(28(2)3)50(6)7)37(61-9)26-38(54)53-22-12-13-36(53)42(62-10)30(5)43(56)48-35(44(57)49-63-34-18-19-34)25-31-14-16-33(17-15-31)52-23-20-32(21-24-52)46(59)60/h14-17,28-30,32,34-37,40-42H,11-13,18-27H2,1-10H3,(H,47,58)(H,48,56)(H,49,57)(H,59,60). The van der Waals surface area contributed by atoms with Gasteiger partial charge in [0.05, 0.1) is 55.1 Å². The summed E-state index contributed by atoms with van der Waals surface area (Å²) in [6.07, 6.45) is 4.26. The van der Waals surface area contributed by atoms with Crippen molar-refractivity contribution in [3.8, 4) is 0 Å². The predicted octanol–water partition coefficient (Wildman–Crippen LogP) is 3.56. The van der Waals surface area contributed by atoms with Crippen LogP contribution in [0.3, 0.4) is 0 Å². The number of likely N-dealkylation sites (N-methyl/N-ethyl adjacent to an activating group) is 2. The van der Waals surface area contributed by atoms with Gasteiger partial charge in [-0.1, -0.05) is 53.2 Å². The first-order valence-electron chi connectivity index (χ1n) is 22.8. The van der Waals surface area contributed by atoms with E-state index >= 15 is 0 Å². The third-order valence-electron chi connectivity index (χ3n) is 13.2. The van der Waals surface area contributed by atoms with Crippen LogP contribution in [0.5, 0.6) is 0 Å². The molecule has 0 bridgehead atoms. The van der Waals surface area contributed by atoms with Crippen molar-refractivity contribution in [3.05, 3.63) is 29.8 Å². The number of carboxylic acids is 1. The molecule has 1 aromatic carbocycles. The van der Waals surface area contributed by atoms with Gasteiger partial charge in [-0.2, -0.15) is 0 Å². The Kier molecular flexibility index (Phi) is 20.0. The summed E-state index contributed by atoms with van der Waals surface area (Å²) in [6.45, 7) is 11.3. The lowest BCUT2D eigenvalue weighted by molar-refractivity contribution is -0.146. The smallest absolute Gasteiger partial charge is 0.306 e. The number of nitrogens with one attached hydrogen (secondary N) is 3. The van der Waals surface area contributed by atoms with Crippen molar-refractivity contribution < 1.29 is 43.3 Å². The van der Waals surface area contributed by atoms with Crippen LogP contribution in [0.4, 0.5) is 5.69 Å². The first-order valence-corrected chi connectivity index (χ1v) is 23.7. The highest BCUT2D eigenvalue weighted by Gasteiger charge is 2.43. The van der Waals surface area contributed by atoms with Gasteiger partial charge in [-0.05, 0) is 94.1 Å². The van der Waals surface area contributed by atoms with Crippen LogP contribution < -0.4 is 20.3 Å². The maximum absolute atomic E-state index is 14.3. The van der Waals surface area contributed by atoms with Gasteiger partial charge < -0.3 is 39.9 Å². The normalized spacial score (nSPS) is 20.3. The van der Waals surface area contributed by atoms with Gasteiger partial charge in [0, 0.05) is 58.3 Å². The molecule has 4 rings (SSSR count). The highest BCUT2D eigenvalue weighted by Crippen LogP contribution is 2.33. The molecule has 1 aromatic rings. The number of benzene rings is 1. The summed E-state index contributed by atoms with van der Waals surface area (Å²) in [6, 6.07) is 5.73. The van der Waals surface area contributed by atoms with Gasteiger partial charge in [-0.25, -0.2) is 0 Å². The van der Waals surface area contributed by atoms with E-state index in [0.717, 1.165) is 36.9 Å². The lowest BCUT2D eigenvalue weighted by Gasteiger charge is -2.39. The van der Waals surface area contributed by atoms with Gasteiger partial charge >= 0.3 is 5.97 Å². The van der Waals surface area contributed by atoms with E-state index in [1.807, 2.05) is 71.0 Å². The van der Waals surface area contributed by atoms with Crippen LogP contribution in [0.25, 0.3) is 0 Å². The summed E-state index contributed by atoms with van der Waals surface area (Å²) in [5, 5.41) is 15.6. The first-order chi connectivity index (χ1) is 29.9. The topological polar surface area (TPSA) is 190 Å². The number of hydrogen-bond acceptors (Lipinski definition) is 11. The van der Waals surface area contributed by atoms with E-state index in [-0.39, 0.29) is 72.7 Å². The van der Waals surface area contributed by atoms with Crippen LogP contribution in [-0.4, -0.2) is 158 Å². The number of rotatable bonds is 24. The largest absolute Gasteiger partial charge is 0.481 e. The van der Waals surface area contributed by atoms with Crippen LogP contribution in [0.2, 0.25) is 0 Å². The molecule has 5 amide bonds. The highest BCUT2D eigenvalue weighted by atomic mass is 32.2. The highest BCUT2D eigenvalue weighted by molar-refractivity contribution is 7.98. The van der Waals surface area contributed by atoms with Gasteiger partial charge in [0.15, 0.2) is 0 Å². The predicted molar refractivity (Wildman–Crippen MR) is 245 cm³/mol. The summed E-state index contributed by atoms with van der Waals surface area (Å²) in [4.78, 5) is 87.4. The SMILES string of the molecule is CCC(C)C(C(CC(=O)N1CCCC1C(OC)C(C)C(=O)NC(Cc1ccc(N2CCC(C(=O)O)CC2)cc1)C(=O)NSC1CC1)OC)N(C)C(=O)CNC(=O)C(C(C)C)N(C)C. The van der Waals surface area contributed by atoms with Gasteiger partial charge in [-0.15, -0.1) is 0 Å². The molecular formula is C46H75N7O9S. The van der Waals surface area contributed by atoms with E-state index in [2.05, 4.69) is 20.3 Å². The Morgan fingerprint density at radius 3 is 2.06 bits per heavy atom. The van der Waals surface area contributed by atoms with Crippen molar-refractivity contribution in [1.82, 2.24) is 30.1 Å². The Morgan fingerprint density at radius 2 is 1.52 bits per heavy atom. The zero-order valence-corrected chi connectivity index (χ0v) is 40.1. The van der Waals surface area contributed by atoms with Crippen molar-refractivity contribution in [3.63, 3.8) is 0 Å². The molecule has 1 aliphatic carbocycles. The monoisotopic (exact) mass is 902 g/mol. The molecule has 4 N–H and O–H groups in total. The van der Waals surface area contributed by atoms with Crippen molar-refractivity contribution in [1.29, 1.82) is 0 Å². The van der Waals surface area contributed by atoms with Crippen molar-refractivity contribution in [2.75, 3.05) is 66.4 Å². The minimum atomic E-state index is -0.861. The molecule has 0 radical (unpaired) electrons. The third kappa shape index (κ3) is 14.3. The molecule has 8 unspecified atom stereocenters. The molecular weight excluding hydrogens is 827 g/mol. The fourth-order valence-corrected chi connectivity index (χ4v) is 10.0. The van der Waals surface area contributed by atoms with Crippen LogP contribution in [0.15, 0.2) is 24.3 Å². The number of ether oxygens (including phenoxy) is 2. The number of nitrogens with zero attached hydrogens (tertiary/aromatic N) is 4. The van der Waals surface area contributed by atoms with Crippen LogP contribution in [0.1, 0.15) is 91.5 Å². The van der Waals surface area contributed by atoms with E-state index in [1.165, 1.54) is 19.1 Å². The Morgan fingerprint density at radius 1 is 0.873 bits per heavy atom. The molecule has 17 heteroatoms. The average molecular weight is 902 g/mol. The Bertz CT molecular complexity index is 1680. The second-order valence-corrected chi connectivity index (χ2v) is 19.4. The molecule has 0 aromatic heterocycles. The first kappa shape index (κ1) is 51.7. The zero-order valence-electron chi connectivity index (χ0n) is 39.3. The molecule has 0 spiro atoms. The fraction of sp³-hybridized carbons (Fsp3) is 0.739. The summed E-state index contributed by atoms with van der Waals surface area (Å²) in [5.74, 6) is -3.11. The third-order valence-corrected chi connectivity index (χ3v) is 14.4. The number of aliphatic carboxylic acids is 1. The zero-order chi connectivity index (χ0) is 46.5. The van der Waals surface area contributed by atoms with Gasteiger partial charge in [0.2, 0.25) is 23.6 Å². The quantitative estimate of drug-likeness (QED) is 0.111. The van der Waals surface area contributed by atoms with E-state index in [9.17, 15) is 33.9 Å². The number of carboxylic acid groups (broad SMARTS) is 1. The second kappa shape index (κ2) is 24.4. The molecule has 3 aliphatic rings. The summed E-state index contributed by atoms with van der Waals surface area (Å²) >= 11 is 1.39. The van der Waals surface area contributed by atoms with Crippen molar-refractivity contribution >= 4 is 53.1 Å². The number of methoxy groups -OCH3 is 2. The van der Waals surface area contributed by atoms with Gasteiger partial charge in [0.25, 0.3) is 5.91 Å². The van der Waals surface area contributed by atoms with E-state index in [1.54, 1.807) is 30.9 Å². The number of likely N-dealkylation sites (tertiary alicyclic amines) is 1.